The van der Waals surface area contributed by atoms with Crippen LogP contribution in [0.4, 0.5) is 14.9 Å². The molecule has 4 rings (SSSR count). The van der Waals surface area contributed by atoms with Crippen molar-refractivity contribution in [2.75, 3.05) is 5.32 Å². The minimum absolute atomic E-state index is 0.126. The summed E-state index contributed by atoms with van der Waals surface area (Å²) in [5, 5.41) is 3.69. The number of aromatic nitrogens is 1. The number of urea groups is 1. The van der Waals surface area contributed by atoms with Crippen molar-refractivity contribution >= 4 is 22.6 Å². The summed E-state index contributed by atoms with van der Waals surface area (Å²) in [6, 6.07) is 22.4. The van der Waals surface area contributed by atoms with E-state index in [1.54, 1.807) is 4.90 Å². The summed E-state index contributed by atoms with van der Waals surface area (Å²) >= 11 is 0. The number of halogens is 1. The molecule has 0 aliphatic carbocycles. The fourth-order valence-corrected chi connectivity index (χ4v) is 3.43. The molecule has 1 aromatic heterocycles. The van der Waals surface area contributed by atoms with Gasteiger partial charge in [0.05, 0.1) is 6.54 Å². The average Bonchev–Trinajstić information content (AvgIpc) is 2.76. The quantitative estimate of drug-likeness (QED) is 0.470. The number of carbonyl (C=O) groups is 1. The number of aryl methyl sites for hydroxylation is 1. The van der Waals surface area contributed by atoms with Crippen LogP contribution in [0.1, 0.15) is 16.7 Å². The van der Waals surface area contributed by atoms with Crippen LogP contribution < -0.4 is 10.9 Å². The summed E-state index contributed by atoms with van der Waals surface area (Å²) in [7, 11) is 0. The number of H-pyrrole nitrogens is 1. The third kappa shape index (κ3) is 4.98. The Kier molecular flexibility index (Phi) is 5.80. The van der Waals surface area contributed by atoms with E-state index in [0.717, 1.165) is 22.0 Å². The summed E-state index contributed by atoms with van der Waals surface area (Å²) in [4.78, 5) is 30.2. The van der Waals surface area contributed by atoms with Gasteiger partial charge in [0, 0.05) is 23.3 Å². The molecule has 0 bridgehead atoms. The lowest BCUT2D eigenvalue weighted by Crippen LogP contribution is -2.35. The normalized spacial score (nSPS) is 10.8. The molecule has 0 unspecified atom stereocenters. The first-order valence-corrected chi connectivity index (χ1v) is 9.96. The highest BCUT2D eigenvalue weighted by Crippen LogP contribution is 2.17. The summed E-state index contributed by atoms with van der Waals surface area (Å²) in [5.41, 5.74) is 3.51. The molecule has 3 aromatic carbocycles. The van der Waals surface area contributed by atoms with Gasteiger partial charge in [0.1, 0.15) is 5.82 Å². The lowest BCUT2D eigenvalue weighted by molar-refractivity contribution is 0.206. The van der Waals surface area contributed by atoms with E-state index in [0.29, 0.717) is 17.8 Å². The van der Waals surface area contributed by atoms with Crippen LogP contribution in [0.15, 0.2) is 83.7 Å². The highest BCUT2D eigenvalue weighted by Gasteiger charge is 2.17. The predicted octanol–water partition coefficient (Wildman–Crippen LogP) is 5.21. The van der Waals surface area contributed by atoms with Gasteiger partial charge in [-0.25, -0.2) is 9.18 Å². The molecule has 1 heterocycles. The van der Waals surface area contributed by atoms with E-state index in [9.17, 15) is 14.0 Å². The number of pyridine rings is 1. The standard InChI is InChI=1S/C25H22FN3O2/c1-17-7-12-23-19(13-17)14-20(24(30)28-23)16-29(15-18-5-3-2-4-6-18)25(31)27-22-10-8-21(26)9-11-22/h2-14H,15-16H2,1H3,(H,27,31)(H,28,30). The fourth-order valence-electron chi connectivity index (χ4n) is 3.43. The van der Waals surface area contributed by atoms with Gasteiger partial charge in [-0.15, -0.1) is 0 Å². The Bertz CT molecular complexity index is 1270. The highest BCUT2D eigenvalue weighted by atomic mass is 19.1. The van der Waals surface area contributed by atoms with Crippen LogP contribution in [0.3, 0.4) is 0 Å². The maximum absolute atomic E-state index is 13.2. The molecule has 2 amide bonds. The van der Waals surface area contributed by atoms with Gasteiger partial charge >= 0.3 is 6.03 Å². The Hall–Kier alpha value is -3.93. The second-order valence-corrected chi connectivity index (χ2v) is 7.49. The van der Waals surface area contributed by atoms with Crippen LogP contribution in [0.25, 0.3) is 10.9 Å². The molecule has 0 aliphatic heterocycles. The molecule has 0 aliphatic rings. The predicted molar refractivity (Wildman–Crippen MR) is 120 cm³/mol. The number of nitrogens with one attached hydrogen (secondary N) is 2. The van der Waals surface area contributed by atoms with Gasteiger partial charge in [-0.3, -0.25) is 4.79 Å². The van der Waals surface area contributed by atoms with Crippen molar-refractivity contribution in [2.24, 2.45) is 0 Å². The highest BCUT2D eigenvalue weighted by molar-refractivity contribution is 5.89. The number of amides is 2. The van der Waals surface area contributed by atoms with Crippen LogP contribution in [-0.2, 0) is 13.1 Å². The molecular formula is C25H22FN3O2. The summed E-state index contributed by atoms with van der Waals surface area (Å²) in [6.45, 7) is 2.43. The molecule has 0 saturated carbocycles. The molecule has 0 saturated heterocycles. The fraction of sp³-hybridized carbons (Fsp3) is 0.120. The number of hydrogen-bond donors (Lipinski definition) is 2. The van der Waals surface area contributed by atoms with Gasteiger partial charge in [0.25, 0.3) is 5.56 Å². The first-order valence-electron chi connectivity index (χ1n) is 9.96. The van der Waals surface area contributed by atoms with Gasteiger partial charge in [-0.2, -0.15) is 0 Å². The SMILES string of the molecule is Cc1ccc2[nH]c(=O)c(CN(Cc3ccccc3)C(=O)Nc3ccc(F)cc3)cc2c1. The van der Waals surface area contributed by atoms with E-state index in [1.165, 1.54) is 24.3 Å². The van der Waals surface area contributed by atoms with Crippen LogP contribution in [0, 0.1) is 12.7 Å². The maximum atomic E-state index is 13.2. The molecule has 156 valence electrons. The van der Waals surface area contributed by atoms with Gasteiger partial charge in [-0.1, -0.05) is 42.0 Å². The van der Waals surface area contributed by atoms with E-state index in [4.69, 9.17) is 0 Å². The number of fused-ring (bicyclic) bond motifs is 1. The Morgan fingerprint density at radius 1 is 0.968 bits per heavy atom. The smallest absolute Gasteiger partial charge is 0.322 e. The summed E-state index contributed by atoms with van der Waals surface area (Å²) < 4.78 is 13.2. The molecule has 0 radical (unpaired) electrons. The Morgan fingerprint density at radius 2 is 1.71 bits per heavy atom. The molecule has 6 heteroatoms. The maximum Gasteiger partial charge on any atom is 0.322 e. The van der Waals surface area contributed by atoms with E-state index in [-0.39, 0.29) is 24.0 Å². The van der Waals surface area contributed by atoms with E-state index >= 15 is 0 Å². The first kappa shape index (κ1) is 20.3. The van der Waals surface area contributed by atoms with Gasteiger partial charge < -0.3 is 15.2 Å². The number of carbonyl (C=O) groups excluding carboxylic acids is 1. The van der Waals surface area contributed by atoms with E-state index in [1.807, 2.05) is 61.5 Å². The zero-order valence-electron chi connectivity index (χ0n) is 17.1. The largest absolute Gasteiger partial charge is 0.322 e. The Morgan fingerprint density at radius 3 is 2.45 bits per heavy atom. The third-order valence-electron chi connectivity index (χ3n) is 5.04. The van der Waals surface area contributed by atoms with Gasteiger partial charge in [0.2, 0.25) is 0 Å². The van der Waals surface area contributed by atoms with Crippen molar-refractivity contribution in [3.63, 3.8) is 0 Å². The summed E-state index contributed by atoms with van der Waals surface area (Å²) in [6.07, 6.45) is 0. The van der Waals surface area contributed by atoms with Crippen molar-refractivity contribution in [2.45, 2.75) is 20.0 Å². The molecule has 0 fully saturated rings. The minimum atomic E-state index is -0.378. The van der Waals surface area contributed by atoms with Crippen molar-refractivity contribution in [3.05, 3.63) is 112 Å². The van der Waals surface area contributed by atoms with Crippen molar-refractivity contribution < 1.29 is 9.18 Å². The number of aromatic amines is 1. The molecule has 0 spiro atoms. The topological polar surface area (TPSA) is 65.2 Å². The van der Waals surface area contributed by atoms with Crippen molar-refractivity contribution in [1.82, 2.24) is 9.88 Å². The summed E-state index contributed by atoms with van der Waals surface area (Å²) in [5.74, 6) is -0.378. The Labute approximate surface area is 179 Å². The van der Waals surface area contributed by atoms with E-state index in [2.05, 4.69) is 10.3 Å². The Balaban J connectivity index is 1.64. The van der Waals surface area contributed by atoms with Crippen molar-refractivity contribution in [3.8, 4) is 0 Å². The van der Waals surface area contributed by atoms with Gasteiger partial charge in [0.15, 0.2) is 0 Å². The van der Waals surface area contributed by atoms with Crippen LogP contribution >= 0.6 is 0 Å². The average molecular weight is 415 g/mol. The molecule has 2 N–H and O–H groups in total. The van der Waals surface area contributed by atoms with Crippen LogP contribution in [0.5, 0.6) is 0 Å². The second-order valence-electron chi connectivity index (χ2n) is 7.49. The monoisotopic (exact) mass is 415 g/mol. The van der Waals surface area contributed by atoms with Gasteiger partial charge in [-0.05, 0) is 60.3 Å². The lowest BCUT2D eigenvalue weighted by atomic mass is 10.1. The number of benzene rings is 3. The molecule has 5 nitrogen and oxygen atoms in total. The molecular weight excluding hydrogens is 393 g/mol. The number of nitrogens with zero attached hydrogens (tertiary/aromatic N) is 1. The van der Waals surface area contributed by atoms with E-state index < -0.39 is 0 Å². The zero-order chi connectivity index (χ0) is 21.8. The van der Waals surface area contributed by atoms with Crippen LogP contribution in [-0.4, -0.2) is 15.9 Å². The first-order chi connectivity index (χ1) is 15.0. The molecule has 31 heavy (non-hydrogen) atoms. The second kappa shape index (κ2) is 8.83. The zero-order valence-corrected chi connectivity index (χ0v) is 17.1. The minimum Gasteiger partial charge on any atom is -0.322 e. The number of rotatable bonds is 5. The van der Waals surface area contributed by atoms with Crippen LogP contribution in [0.2, 0.25) is 0 Å². The third-order valence-corrected chi connectivity index (χ3v) is 5.04. The molecule has 4 aromatic rings. The van der Waals surface area contributed by atoms with Crippen molar-refractivity contribution in [1.29, 1.82) is 0 Å². The number of anilines is 1. The lowest BCUT2D eigenvalue weighted by Gasteiger charge is -2.23. The number of hydrogen-bond acceptors (Lipinski definition) is 2. The molecule has 0 atom stereocenters.